The zero-order valence-electron chi connectivity index (χ0n) is 24.7. The molecule has 0 heteroatoms. The van der Waals surface area contributed by atoms with E-state index < -0.39 is 10.8 Å². The van der Waals surface area contributed by atoms with Crippen molar-refractivity contribution >= 4 is 0 Å². The van der Waals surface area contributed by atoms with Gasteiger partial charge in [-0.15, -0.1) is 0 Å². The summed E-state index contributed by atoms with van der Waals surface area (Å²) >= 11 is 0. The molecule has 11 rings (SSSR count). The van der Waals surface area contributed by atoms with Crippen molar-refractivity contribution in [2.75, 3.05) is 0 Å². The molecule has 0 radical (unpaired) electrons. The molecular formula is C45H28. The summed E-state index contributed by atoms with van der Waals surface area (Å²) in [5.74, 6) is 0. The minimum Gasteiger partial charge on any atom is -0.0619 e. The van der Waals surface area contributed by atoms with Crippen molar-refractivity contribution in [3.8, 4) is 33.4 Å². The largest absolute Gasteiger partial charge is 0.0720 e. The van der Waals surface area contributed by atoms with E-state index in [4.69, 9.17) is 0 Å². The van der Waals surface area contributed by atoms with Crippen LogP contribution in [0.15, 0.2) is 158 Å². The second-order valence-electron chi connectivity index (χ2n) is 13.1. The lowest BCUT2D eigenvalue weighted by Gasteiger charge is -2.48. The summed E-state index contributed by atoms with van der Waals surface area (Å²) in [6, 6.07) is 60.1. The Morgan fingerprint density at radius 2 is 0.689 bits per heavy atom. The number of fused-ring (bicyclic) bond motifs is 20. The highest BCUT2D eigenvalue weighted by molar-refractivity contribution is 5.97. The van der Waals surface area contributed by atoms with Crippen molar-refractivity contribution < 1.29 is 0 Å². The molecule has 7 aromatic carbocycles. The van der Waals surface area contributed by atoms with Gasteiger partial charge in [0.25, 0.3) is 0 Å². The van der Waals surface area contributed by atoms with Crippen LogP contribution in [0, 0.1) is 0 Å². The van der Waals surface area contributed by atoms with E-state index in [1.165, 1.54) is 89.0 Å². The first kappa shape index (κ1) is 23.9. The van der Waals surface area contributed by atoms with Crippen molar-refractivity contribution in [3.63, 3.8) is 0 Å². The lowest BCUT2D eigenvalue weighted by Crippen LogP contribution is -2.43. The Morgan fingerprint density at radius 3 is 1.24 bits per heavy atom. The van der Waals surface area contributed by atoms with E-state index in [0.29, 0.717) is 0 Å². The van der Waals surface area contributed by atoms with Crippen LogP contribution in [0.3, 0.4) is 0 Å². The van der Waals surface area contributed by atoms with Crippen LogP contribution in [0.2, 0.25) is 0 Å². The second kappa shape index (κ2) is 8.17. The van der Waals surface area contributed by atoms with Crippen molar-refractivity contribution in [3.05, 3.63) is 213 Å². The highest BCUT2D eigenvalue weighted by atomic mass is 14.6. The predicted molar refractivity (Wildman–Crippen MR) is 183 cm³/mol. The molecule has 0 amide bonds. The molecule has 0 unspecified atom stereocenters. The first-order valence-corrected chi connectivity index (χ1v) is 16.1. The van der Waals surface area contributed by atoms with Gasteiger partial charge in [0, 0.05) is 0 Å². The Morgan fingerprint density at radius 1 is 0.289 bits per heavy atom. The average Bonchev–Trinajstić information content (AvgIpc) is 3.73. The molecule has 0 aromatic heterocycles. The fourth-order valence-electron chi connectivity index (χ4n) is 9.96. The fourth-order valence-corrected chi connectivity index (χ4v) is 9.96. The van der Waals surface area contributed by atoms with Crippen LogP contribution < -0.4 is 0 Å². The van der Waals surface area contributed by atoms with E-state index in [0.717, 1.165) is 6.42 Å². The number of benzene rings is 7. The molecule has 0 aliphatic heterocycles. The monoisotopic (exact) mass is 568 g/mol. The normalized spacial score (nSPS) is 15.8. The minimum atomic E-state index is -0.416. The van der Waals surface area contributed by atoms with Crippen LogP contribution in [-0.4, -0.2) is 0 Å². The number of rotatable bonds is 0. The highest BCUT2D eigenvalue weighted by Crippen LogP contribution is 2.68. The Bertz CT molecular complexity index is 2330. The quantitative estimate of drug-likeness (QED) is 0.171. The SMILES string of the molecule is c1ccc2c(c1)Cc1c-2ccc2c1-c1ccccc1C21c2ccccc2C2(c3ccccc3-c3ccccc32)c2ccccc21. The summed E-state index contributed by atoms with van der Waals surface area (Å²) in [5.41, 5.74) is 21.6. The Labute approximate surface area is 263 Å². The van der Waals surface area contributed by atoms with E-state index in [-0.39, 0.29) is 0 Å². The highest BCUT2D eigenvalue weighted by Gasteiger charge is 2.59. The fraction of sp³-hybridized carbons (Fsp3) is 0.0667. The van der Waals surface area contributed by atoms with Crippen molar-refractivity contribution in [2.45, 2.75) is 17.3 Å². The molecule has 0 heterocycles. The van der Waals surface area contributed by atoms with Gasteiger partial charge in [0.05, 0.1) is 10.8 Å². The van der Waals surface area contributed by atoms with E-state index in [2.05, 4.69) is 158 Å². The molecule has 0 saturated heterocycles. The molecule has 2 spiro atoms. The van der Waals surface area contributed by atoms with Gasteiger partial charge in [0.1, 0.15) is 0 Å². The number of hydrogen-bond acceptors (Lipinski definition) is 0. The van der Waals surface area contributed by atoms with Gasteiger partial charge in [0.15, 0.2) is 0 Å². The summed E-state index contributed by atoms with van der Waals surface area (Å²) in [6.07, 6.45) is 0.979. The summed E-state index contributed by atoms with van der Waals surface area (Å²) in [5, 5.41) is 0. The second-order valence-corrected chi connectivity index (χ2v) is 13.1. The van der Waals surface area contributed by atoms with Gasteiger partial charge in [-0.2, -0.15) is 0 Å². The zero-order valence-corrected chi connectivity index (χ0v) is 24.7. The Kier molecular flexibility index (Phi) is 4.34. The first-order chi connectivity index (χ1) is 22.3. The molecule has 0 atom stereocenters. The summed E-state index contributed by atoms with van der Waals surface area (Å²) in [7, 11) is 0. The van der Waals surface area contributed by atoms with Gasteiger partial charge in [-0.05, 0) is 95.4 Å². The molecule has 0 N–H and O–H groups in total. The van der Waals surface area contributed by atoms with Crippen LogP contribution in [0.5, 0.6) is 0 Å². The summed E-state index contributed by atoms with van der Waals surface area (Å²) in [4.78, 5) is 0. The van der Waals surface area contributed by atoms with Crippen molar-refractivity contribution in [1.82, 2.24) is 0 Å². The predicted octanol–water partition coefficient (Wildman–Crippen LogP) is 10.3. The van der Waals surface area contributed by atoms with E-state index >= 15 is 0 Å². The first-order valence-electron chi connectivity index (χ1n) is 16.1. The number of hydrogen-bond donors (Lipinski definition) is 0. The van der Waals surface area contributed by atoms with Gasteiger partial charge in [0.2, 0.25) is 0 Å². The molecule has 4 aliphatic carbocycles. The Balaban J connectivity index is 1.33. The van der Waals surface area contributed by atoms with Gasteiger partial charge < -0.3 is 0 Å². The maximum atomic E-state index is 2.47. The minimum absolute atomic E-state index is 0.393. The maximum absolute atomic E-state index is 2.47. The van der Waals surface area contributed by atoms with Crippen LogP contribution in [-0.2, 0) is 17.3 Å². The maximum Gasteiger partial charge on any atom is 0.0720 e. The van der Waals surface area contributed by atoms with E-state index in [1.54, 1.807) is 0 Å². The average molecular weight is 569 g/mol. The third-order valence-electron chi connectivity index (χ3n) is 11.4. The van der Waals surface area contributed by atoms with Crippen LogP contribution >= 0.6 is 0 Å². The van der Waals surface area contributed by atoms with Crippen LogP contribution in [0.25, 0.3) is 33.4 Å². The topological polar surface area (TPSA) is 0 Å². The molecule has 45 heavy (non-hydrogen) atoms. The Hall–Kier alpha value is -5.46. The standard InChI is InChI=1S/C45H28/c1-2-14-29-28(13-1)27-34-30(29)25-26-42-43(34)33-17-5-8-20-37(33)45(42)40-23-11-9-21-38(40)44(39-22-10-12-24-41(39)45)35-18-6-3-15-31(35)32-16-4-7-19-36(32)44/h1-26H,27H2. The van der Waals surface area contributed by atoms with Gasteiger partial charge in [-0.25, -0.2) is 0 Å². The zero-order chi connectivity index (χ0) is 29.3. The summed E-state index contributed by atoms with van der Waals surface area (Å²) < 4.78 is 0. The van der Waals surface area contributed by atoms with Gasteiger partial charge >= 0.3 is 0 Å². The van der Waals surface area contributed by atoms with Gasteiger partial charge in [-0.1, -0.05) is 158 Å². The molecule has 7 aromatic rings. The van der Waals surface area contributed by atoms with Crippen LogP contribution in [0.1, 0.15) is 55.6 Å². The van der Waals surface area contributed by atoms with Crippen molar-refractivity contribution in [1.29, 1.82) is 0 Å². The molecule has 0 fully saturated rings. The van der Waals surface area contributed by atoms with Crippen molar-refractivity contribution in [2.24, 2.45) is 0 Å². The lowest BCUT2D eigenvalue weighted by atomic mass is 9.52. The molecule has 4 aliphatic rings. The lowest BCUT2D eigenvalue weighted by molar-refractivity contribution is 0.633. The smallest absolute Gasteiger partial charge is 0.0619 e. The molecular weight excluding hydrogens is 540 g/mol. The molecule has 208 valence electrons. The third-order valence-corrected chi connectivity index (χ3v) is 11.4. The molecule has 0 bridgehead atoms. The van der Waals surface area contributed by atoms with E-state index in [9.17, 15) is 0 Å². The third kappa shape index (κ3) is 2.57. The summed E-state index contributed by atoms with van der Waals surface area (Å²) in [6.45, 7) is 0. The molecule has 0 nitrogen and oxygen atoms in total. The van der Waals surface area contributed by atoms with E-state index in [1.807, 2.05) is 0 Å². The van der Waals surface area contributed by atoms with Gasteiger partial charge in [-0.3, -0.25) is 0 Å². The van der Waals surface area contributed by atoms with Crippen LogP contribution in [0.4, 0.5) is 0 Å². The molecule has 0 saturated carbocycles.